The van der Waals surface area contributed by atoms with Crippen molar-refractivity contribution in [1.82, 2.24) is 0 Å². The van der Waals surface area contributed by atoms with E-state index in [2.05, 4.69) is 0 Å². The second-order valence-electron chi connectivity index (χ2n) is 3.82. The van der Waals surface area contributed by atoms with Crippen LogP contribution in [0.5, 0.6) is 5.75 Å². The summed E-state index contributed by atoms with van der Waals surface area (Å²) in [5, 5.41) is 20.1. The fourth-order valence-electron chi connectivity index (χ4n) is 1.34. The zero-order chi connectivity index (χ0) is 12.3. The first kappa shape index (κ1) is 12.4. The Hall–Kier alpha value is -1.62. The molecule has 0 bridgehead atoms. The Kier molecular flexibility index (Phi) is 3.84. The van der Waals surface area contributed by atoms with Crippen LogP contribution in [0.15, 0.2) is 18.2 Å². The molecule has 0 saturated carbocycles. The molecule has 0 fully saturated rings. The van der Waals surface area contributed by atoms with Crippen LogP contribution in [-0.4, -0.2) is 16.1 Å². The van der Waals surface area contributed by atoms with Gasteiger partial charge in [0.1, 0.15) is 5.75 Å². The number of benzene rings is 1. The van der Waals surface area contributed by atoms with Crippen LogP contribution in [-0.2, 0) is 0 Å². The van der Waals surface area contributed by atoms with Crippen molar-refractivity contribution in [3.63, 3.8) is 0 Å². The van der Waals surface area contributed by atoms with Crippen LogP contribution in [0.1, 0.15) is 32.4 Å². The van der Waals surface area contributed by atoms with E-state index in [-0.39, 0.29) is 11.8 Å². The van der Waals surface area contributed by atoms with E-state index in [1.807, 2.05) is 13.8 Å². The molecule has 1 N–H and O–H groups in total. The molecule has 0 saturated heterocycles. The van der Waals surface area contributed by atoms with Gasteiger partial charge < -0.3 is 9.84 Å². The predicted molar refractivity (Wildman–Crippen MR) is 59.5 cm³/mol. The third-order valence-corrected chi connectivity index (χ3v) is 2.02. The number of rotatable bonds is 4. The lowest BCUT2D eigenvalue weighted by Gasteiger charge is -2.15. The summed E-state index contributed by atoms with van der Waals surface area (Å²) in [5.74, 6) is 0.482. The van der Waals surface area contributed by atoms with E-state index < -0.39 is 11.0 Å². The first-order chi connectivity index (χ1) is 7.41. The molecular formula is C11H15NO4. The molecule has 1 rings (SSSR count). The minimum atomic E-state index is -0.798. The predicted octanol–water partition coefficient (Wildman–Crippen LogP) is 2.44. The molecule has 0 aliphatic carbocycles. The number of nitro benzene ring substituents is 1. The lowest BCUT2D eigenvalue weighted by atomic mass is 10.1. The second kappa shape index (κ2) is 4.94. The van der Waals surface area contributed by atoms with E-state index in [1.165, 1.54) is 18.2 Å². The third-order valence-electron chi connectivity index (χ3n) is 2.02. The van der Waals surface area contributed by atoms with Gasteiger partial charge in [0.15, 0.2) is 0 Å². The number of hydrogen-bond acceptors (Lipinski definition) is 4. The van der Waals surface area contributed by atoms with Crippen molar-refractivity contribution in [2.24, 2.45) is 0 Å². The Balaban J connectivity index is 3.14. The van der Waals surface area contributed by atoms with E-state index in [4.69, 9.17) is 4.74 Å². The monoisotopic (exact) mass is 225 g/mol. The van der Waals surface area contributed by atoms with Gasteiger partial charge in [0.2, 0.25) is 0 Å². The lowest BCUT2D eigenvalue weighted by Crippen LogP contribution is -2.08. The van der Waals surface area contributed by atoms with Gasteiger partial charge in [0.25, 0.3) is 5.69 Å². The van der Waals surface area contributed by atoms with E-state index in [0.29, 0.717) is 11.3 Å². The zero-order valence-electron chi connectivity index (χ0n) is 9.51. The SMILES string of the molecule is CC(C)Oc1ccc([N+](=O)[O-])cc1C(C)O. The quantitative estimate of drug-likeness (QED) is 0.631. The van der Waals surface area contributed by atoms with Crippen LogP contribution in [0, 0.1) is 10.1 Å². The summed E-state index contributed by atoms with van der Waals surface area (Å²) in [4.78, 5) is 10.1. The molecule has 0 amide bonds. The van der Waals surface area contributed by atoms with Crippen LogP contribution < -0.4 is 4.74 Å². The smallest absolute Gasteiger partial charge is 0.270 e. The largest absolute Gasteiger partial charge is 0.491 e. The highest BCUT2D eigenvalue weighted by Gasteiger charge is 2.15. The van der Waals surface area contributed by atoms with Gasteiger partial charge in [0, 0.05) is 17.7 Å². The molecule has 0 aliphatic heterocycles. The number of aliphatic hydroxyl groups is 1. The topological polar surface area (TPSA) is 72.6 Å². The summed E-state index contributed by atoms with van der Waals surface area (Å²) in [7, 11) is 0. The summed E-state index contributed by atoms with van der Waals surface area (Å²) >= 11 is 0. The minimum absolute atomic E-state index is 0.0426. The number of ether oxygens (including phenoxy) is 1. The summed E-state index contributed by atoms with van der Waals surface area (Å²) < 4.78 is 5.46. The van der Waals surface area contributed by atoms with Crippen LogP contribution in [0.25, 0.3) is 0 Å². The zero-order valence-corrected chi connectivity index (χ0v) is 9.51. The molecule has 16 heavy (non-hydrogen) atoms. The van der Waals surface area contributed by atoms with E-state index >= 15 is 0 Å². The fourth-order valence-corrected chi connectivity index (χ4v) is 1.34. The first-order valence-corrected chi connectivity index (χ1v) is 5.05. The summed E-state index contributed by atoms with van der Waals surface area (Å²) in [6.45, 7) is 5.26. The number of nitrogens with zero attached hydrogens (tertiary/aromatic N) is 1. The highest BCUT2D eigenvalue weighted by atomic mass is 16.6. The minimum Gasteiger partial charge on any atom is -0.491 e. The second-order valence-corrected chi connectivity index (χ2v) is 3.82. The van der Waals surface area contributed by atoms with Crippen molar-refractivity contribution >= 4 is 5.69 Å². The van der Waals surface area contributed by atoms with Gasteiger partial charge in [-0.05, 0) is 26.8 Å². The van der Waals surface area contributed by atoms with Crippen molar-refractivity contribution in [3.8, 4) is 5.75 Å². The Bertz CT molecular complexity index is 388. The van der Waals surface area contributed by atoms with Crippen molar-refractivity contribution < 1.29 is 14.8 Å². The van der Waals surface area contributed by atoms with Crippen molar-refractivity contribution in [2.45, 2.75) is 33.0 Å². The normalized spacial score (nSPS) is 12.6. The molecule has 0 aliphatic rings. The van der Waals surface area contributed by atoms with E-state index in [1.54, 1.807) is 6.92 Å². The molecule has 5 heteroatoms. The summed E-state index contributed by atoms with van der Waals surface area (Å²) in [6, 6.07) is 4.21. The van der Waals surface area contributed by atoms with Gasteiger partial charge in [0.05, 0.1) is 17.1 Å². The molecule has 5 nitrogen and oxygen atoms in total. The molecule has 1 aromatic carbocycles. The Labute approximate surface area is 93.8 Å². The first-order valence-electron chi connectivity index (χ1n) is 5.05. The molecule has 1 unspecified atom stereocenters. The van der Waals surface area contributed by atoms with Gasteiger partial charge in [-0.3, -0.25) is 10.1 Å². The van der Waals surface area contributed by atoms with Crippen LogP contribution in [0.3, 0.4) is 0 Å². The Morgan fingerprint density at radius 3 is 2.44 bits per heavy atom. The van der Waals surface area contributed by atoms with E-state index in [9.17, 15) is 15.2 Å². The van der Waals surface area contributed by atoms with Crippen molar-refractivity contribution in [3.05, 3.63) is 33.9 Å². The lowest BCUT2D eigenvalue weighted by molar-refractivity contribution is -0.385. The molecule has 1 aromatic rings. The summed E-state index contributed by atoms with van der Waals surface area (Å²) in [6.07, 6.45) is -0.840. The Morgan fingerprint density at radius 2 is 2.00 bits per heavy atom. The molecule has 1 atom stereocenters. The standard InChI is InChI=1S/C11H15NO4/c1-7(2)16-11-5-4-9(12(14)15)6-10(11)8(3)13/h4-8,13H,1-3H3. The average Bonchev–Trinajstić information content (AvgIpc) is 2.16. The molecule has 0 aromatic heterocycles. The third kappa shape index (κ3) is 2.93. The van der Waals surface area contributed by atoms with Gasteiger partial charge >= 0.3 is 0 Å². The number of aliphatic hydroxyl groups excluding tert-OH is 1. The van der Waals surface area contributed by atoms with Crippen LogP contribution in [0.2, 0.25) is 0 Å². The highest BCUT2D eigenvalue weighted by molar-refractivity contribution is 5.44. The molecule has 0 heterocycles. The maximum atomic E-state index is 10.6. The van der Waals surface area contributed by atoms with Crippen LogP contribution >= 0.6 is 0 Å². The van der Waals surface area contributed by atoms with Crippen molar-refractivity contribution in [1.29, 1.82) is 0 Å². The molecular weight excluding hydrogens is 210 g/mol. The van der Waals surface area contributed by atoms with Gasteiger partial charge in [-0.1, -0.05) is 0 Å². The van der Waals surface area contributed by atoms with Gasteiger partial charge in [-0.2, -0.15) is 0 Å². The fraction of sp³-hybridized carbons (Fsp3) is 0.455. The maximum Gasteiger partial charge on any atom is 0.270 e. The van der Waals surface area contributed by atoms with Crippen LogP contribution in [0.4, 0.5) is 5.69 Å². The summed E-state index contributed by atoms with van der Waals surface area (Å²) in [5.41, 5.74) is 0.384. The van der Waals surface area contributed by atoms with E-state index in [0.717, 1.165) is 0 Å². The highest BCUT2D eigenvalue weighted by Crippen LogP contribution is 2.29. The Morgan fingerprint density at radius 1 is 1.38 bits per heavy atom. The molecule has 88 valence electrons. The van der Waals surface area contributed by atoms with Gasteiger partial charge in [-0.25, -0.2) is 0 Å². The number of hydrogen-bond donors (Lipinski definition) is 1. The maximum absolute atomic E-state index is 10.6. The average molecular weight is 225 g/mol. The molecule has 0 spiro atoms. The number of non-ortho nitro benzene ring substituents is 1. The van der Waals surface area contributed by atoms with Crippen molar-refractivity contribution in [2.75, 3.05) is 0 Å². The van der Waals surface area contributed by atoms with Gasteiger partial charge in [-0.15, -0.1) is 0 Å². The number of nitro groups is 1. The molecule has 0 radical (unpaired) electrons.